The van der Waals surface area contributed by atoms with E-state index in [1.165, 1.54) is 13.2 Å². The van der Waals surface area contributed by atoms with Crippen LogP contribution in [0.15, 0.2) is 36.4 Å². The fourth-order valence-corrected chi connectivity index (χ4v) is 3.96. The molecule has 1 unspecified atom stereocenters. The van der Waals surface area contributed by atoms with Crippen LogP contribution in [0.2, 0.25) is 0 Å². The van der Waals surface area contributed by atoms with Crippen LogP contribution < -0.4 is 20.5 Å². The second-order valence-corrected chi connectivity index (χ2v) is 8.96. The summed E-state index contributed by atoms with van der Waals surface area (Å²) in [4.78, 5) is 25.1. The van der Waals surface area contributed by atoms with Gasteiger partial charge < -0.3 is 49.3 Å². The van der Waals surface area contributed by atoms with Crippen LogP contribution in [0.25, 0.3) is 0 Å². The van der Waals surface area contributed by atoms with Gasteiger partial charge >= 0.3 is 0 Å². The number of nitrogens with two attached hydrogens (primary N) is 1. The molecule has 0 aliphatic carbocycles. The monoisotopic (exact) mass is 576 g/mol. The Labute approximate surface area is 239 Å². The quantitative estimate of drug-likeness (QED) is 0.198. The van der Waals surface area contributed by atoms with Gasteiger partial charge in [0.1, 0.15) is 6.10 Å². The third-order valence-corrected chi connectivity index (χ3v) is 6.07. The Morgan fingerprint density at radius 3 is 2.00 bits per heavy atom. The molecule has 12 nitrogen and oxygen atoms in total. The van der Waals surface area contributed by atoms with Gasteiger partial charge in [0.15, 0.2) is 17.3 Å². The standard InChI is InChI=1S/C29H40N2O10/c1-35-25-7-6-23-24(32)20-26(41-28(23)27(25)33)21-2-4-22(5-3-21)29(34)31-9-11-37-13-15-39-17-19-40-18-16-38-14-12-36-10-8-30/h2-7,26,33H,8-20,30H2,1H3,(H,31,34). The molecule has 0 bridgehead atoms. The van der Waals surface area contributed by atoms with E-state index in [9.17, 15) is 14.7 Å². The third kappa shape index (κ3) is 10.6. The number of rotatable bonds is 20. The molecule has 1 aliphatic heterocycles. The molecule has 1 atom stereocenters. The Bertz CT molecular complexity index is 1080. The van der Waals surface area contributed by atoms with E-state index < -0.39 is 6.10 Å². The number of amides is 1. The first kappa shape index (κ1) is 32.3. The smallest absolute Gasteiger partial charge is 0.251 e. The second-order valence-electron chi connectivity index (χ2n) is 8.96. The normalized spacial score (nSPS) is 14.4. The summed E-state index contributed by atoms with van der Waals surface area (Å²) in [6.07, 6.45) is -0.460. The number of benzene rings is 2. The minimum Gasteiger partial charge on any atom is -0.502 e. The van der Waals surface area contributed by atoms with Gasteiger partial charge in [-0.2, -0.15) is 0 Å². The SMILES string of the molecule is COc1ccc2c(c1O)OC(c1ccc(C(=O)NCCOCCOCCOCCOCCOCCN)cc1)CC2=O. The number of phenolic OH excluding ortho intramolecular Hbond substituents is 1. The van der Waals surface area contributed by atoms with E-state index >= 15 is 0 Å². The van der Waals surface area contributed by atoms with Crippen molar-refractivity contribution < 1.29 is 47.9 Å². The molecule has 41 heavy (non-hydrogen) atoms. The number of carbonyl (C=O) groups is 2. The molecular weight excluding hydrogens is 536 g/mol. The number of hydrogen-bond acceptors (Lipinski definition) is 11. The van der Waals surface area contributed by atoms with Crippen molar-refractivity contribution in [3.8, 4) is 17.2 Å². The molecule has 3 rings (SSSR count). The molecular formula is C29H40N2O10. The van der Waals surface area contributed by atoms with Crippen LogP contribution in [-0.2, 0) is 23.7 Å². The topological polar surface area (TPSA) is 157 Å². The number of ether oxygens (including phenoxy) is 7. The summed E-state index contributed by atoms with van der Waals surface area (Å²) < 4.78 is 37.9. The van der Waals surface area contributed by atoms with Crippen molar-refractivity contribution in [2.75, 3.05) is 86.3 Å². The zero-order valence-corrected chi connectivity index (χ0v) is 23.4. The number of fused-ring (bicyclic) bond motifs is 1. The Hall–Kier alpha value is -3.26. The molecule has 0 spiro atoms. The Morgan fingerprint density at radius 2 is 1.44 bits per heavy atom. The molecule has 1 heterocycles. The van der Waals surface area contributed by atoms with Gasteiger partial charge in [-0.05, 0) is 29.8 Å². The fourth-order valence-electron chi connectivity index (χ4n) is 3.96. The van der Waals surface area contributed by atoms with Gasteiger partial charge in [-0.15, -0.1) is 0 Å². The van der Waals surface area contributed by atoms with Crippen molar-refractivity contribution in [1.29, 1.82) is 0 Å². The summed E-state index contributed by atoms with van der Waals surface area (Å²) in [6.45, 7) is 5.52. The number of Topliss-reactive ketones (excluding diaryl/α,β-unsaturated/α-hetero) is 1. The molecule has 2 aromatic rings. The minimum absolute atomic E-state index is 0.105. The first-order valence-electron chi connectivity index (χ1n) is 13.6. The zero-order valence-electron chi connectivity index (χ0n) is 23.4. The molecule has 4 N–H and O–H groups in total. The average Bonchev–Trinajstić information content (AvgIpc) is 2.99. The lowest BCUT2D eigenvalue weighted by atomic mass is 9.95. The summed E-state index contributed by atoms with van der Waals surface area (Å²) in [5, 5.41) is 13.2. The molecule has 0 saturated heterocycles. The highest BCUT2D eigenvalue weighted by atomic mass is 16.6. The lowest BCUT2D eigenvalue weighted by Crippen LogP contribution is -2.27. The molecule has 0 radical (unpaired) electrons. The van der Waals surface area contributed by atoms with Gasteiger partial charge in [0, 0.05) is 18.7 Å². The molecule has 0 aromatic heterocycles. The molecule has 2 aromatic carbocycles. The van der Waals surface area contributed by atoms with Gasteiger partial charge in [-0.3, -0.25) is 9.59 Å². The predicted molar refractivity (Wildman–Crippen MR) is 149 cm³/mol. The van der Waals surface area contributed by atoms with E-state index in [0.29, 0.717) is 95.8 Å². The lowest BCUT2D eigenvalue weighted by molar-refractivity contribution is -0.0102. The van der Waals surface area contributed by atoms with Crippen LogP contribution in [0.5, 0.6) is 17.2 Å². The maximum atomic E-state index is 12.6. The van der Waals surface area contributed by atoms with Crippen LogP contribution in [0.4, 0.5) is 0 Å². The second kappa shape index (κ2) is 18.2. The van der Waals surface area contributed by atoms with Crippen molar-refractivity contribution in [3.05, 3.63) is 53.1 Å². The van der Waals surface area contributed by atoms with Crippen LogP contribution in [0.3, 0.4) is 0 Å². The van der Waals surface area contributed by atoms with Crippen molar-refractivity contribution in [2.24, 2.45) is 5.73 Å². The molecule has 1 amide bonds. The fraction of sp³-hybridized carbons (Fsp3) is 0.517. The number of aromatic hydroxyl groups is 1. The van der Waals surface area contributed by atoms with E-state index in [4.69, 9.17) is 38.9 Å². The van der Waals surface area contributed by atoms with Gasteiger partial charge in [-0.1, -0.05) is 12.1 Å². The highest BCUT2D eigenvalue weighted by Gasteiger charge is 2.31. The zero-order chi connectivity index (χ0) is 29.3. The summed E-state index contributed by atoms with van der Waals surface area (Å²) >= 11 is 0. The summed E-state index contributed by atoms with van der Waals surface area (Å²) in [5.41, 5.74) is 6.83. The number of ketones is 1. The number of nitrogens with one attached hydrogen (secondary N) is 1. The van der Waals surface area contributed by atoms with Crippen molar-refractivity contribution in [2.45, 2.75) is 12.5 Å². The van der Waals surface area contributed by atoms with E-state index in [2.05, 4.69) is 5.32 Å². The van der Waals surface area contributed by atoms with Crippen LogP contribution in [-0.4, -0.2) is 103 Å². The molecule has 226 valence electrons. The first-order chi connectivity index (χ1) is 20.0. The van der Waals surface area contributed by atoms with Crippen molar-refractivity contribution in [1.82, 2.24) is 5.32 Å². The van der Waals surface area contributed by atoms with Crippen LogP contribution >= 0.6 is 0 Å². The van der Waals surface area contributed by atoms with Crippen molar-refractivity contribution in [3.63, 3.8) is 0 Å². The largest absolute Gasteiger partial charge is 0.502 e. The maximum Gasteiger partial charge on any atom is 0.251 e. The molecule has 0 fully saturated rings. The first-order valence-corrected chi connectivity index (χ1v) is 13.6. The average molecular weight is 577 g/mol. The van der Waals surface area contributed by atoms with Gasteiger partial charge in [-0.25, -0.2) is 0 Å². The van der Waals surface area contributed by atoms with Gasteiger partial charge in [0.2, 0.25) is 5.75 Å². The summed E-state index contributed by atoms with van der Waals surface area (Å²) in [5.74, 6) is -0.260. The number of methoxy groups -OCH3 is 1. The molecule has 12 heteroatoms. The van der Waals surface area contributed by atoms with Crippen LogP contribution in [0.1, 0.15) is 38.8 Å². The third-order valence-electron chi connectivity index (χ3n) is 6.07. The highest BCUT2D eigenvalue weighted by molar-refractivity contribution is 6.01. The Kier molecular flexibility index (Phi) is 14.3. The molecule has 1 aliphatic rings. The van der Waals surface area contributed by atoms with E-state index in [1.807, 2.05) is 0 Å². The number of hydrogen-bond donors (Lipinski definition) is 3. The van der Waals surface area contributed by atoms with Gasteiger partial charge in [0.05, 0.1) is 85.2 Å². The van der Waals surface area contributed by atoms with Crippen molar-refractivity contribution >= 4 is 11.7 Å². The molecule has 0 saturated carbocycles. The van der Waals surface area contributed by atoms with E-state index in [-0.39, 0.29) is 35.4 Å². The lowest BCUT2D eigenvalue weighted by Gasteiger charge is -2.26. The number of carbonyl (C=O) groups excluding carboxylic acids is 2. The predicted octanol–water partition coefficient (Wildman–Crippen LogP) is 1.88. The van der Waals surface area contributed by atoms with Crippen LogP contribution in [0, 0.1) is 0 Å². The number of phenols is 1. The summed E-state index contributed by atoms with van der Waals surface area (Å²) in [6, 6.07) is 9.91. The van der Waals surface area contributed by atoms with Gasteiger partial charge in [0.25, 0.3) is 5.91 Å². The van der Waals surface area contributed by atoms with E-state index in [1.54, 1.807) is 30.3 Å². The minimum atomic E-state index is -0.585. The Morgan fingerprint density at radius 1 is 0.878 bits per heavy atom. The highest BCUT2D eigenvalue weighted by Crippen LogP contribution is 2.45. The summed E-state index contributed by atoms with van der Waals surface area (Å²) in [7, 11) is 1.43. The maximum absolute atomic E-state index is 12.6. The van der Waals surface area contributed by atoms with E-state index in [0.717, 1.165) is 0 Å². The Balaban J connectivity index is 1.24.